The zero-order valence-corrected chi connectivity index (χ0v) is 21.4. The number of rotatable bonds is 9. The van der Waals surface area contributed by atoms with Crippen LogP contribution in [0.2, 0.25) is 0 Å². The largest absolute Gasteiger partial charge is 0.444 e. The lowest BCUT2D eigenvalue weighted by Crippen LogP contribution is -2.38. The van der Waals surface area contributed by atoms with E-state index in [0.717, 1.165) is 11.3 Å². The first-order chi connectivity index (χ1) is 14.7. The predicted octanol–water partition coefficient (Wildman–Crippen LogP) is 5.65. The van der Waals surface area contributed by atoms with E-state index in [4.69, 9.17) is 9.47 Å². The van der Waals surface area contributed by atoms with Crippen molar-refractivity contribution in [2.24, 2.45) is 11.8 Å². The fraction of sp³-hybridized carbons (Fsp3) is 0.680. The molecule has 7 nitrogen and oxygen atoms in total. The van der Waals surface area contributed by atoms with Gasteiger partial charge in [0.15, 0.2) is 0 Å². The van der Waals surface area contributed by atoms with Crippen molar-refractivity contribution in [3.8, 4) is 0 Å². The molecule has 182 valence electrons. The molecule has 0 aliphatic heterocycles. The maximum Gasteiger partial charge on any atom is 0.410 e. The van der Waals surface area contributed by atoms with Crippen molar-refractivity contribution >= 4 is 17.9 Å². The van der Waals surface area contributed by atoms with E-state index < -0.39 is 17.3 Å². The third kappa shape index (κ3) is 10.7. The second-order valence-corrected chi connectivity index (χ2v) is 10.4. The average Bonchev–Trinajstić information content (AvgIpc) is 2.63. The molecule has 32 heavy (non-hydrogen) atoms. The topological polar surface area (TPSA) is 79.9 Å². The highest BCUT2D eigenvalue weighted by Gasteiger charge is 2.23. The van der Waals surface area contributed by atoms with Crippen LogP contribution in [0.1, 0.15) is 67.9 Å². The Bertz CT molecular complexity index is 735. The lowest BCUT2D eigenvalue weighted by atomic mass is 9.95. The summed E-state index contributed by atoms with van der Waals surface area (Å²) in [5.41, 5.74) is 0.933. The van der Waals surface area contributed by atoms with Gasteiger partial charge in [-0.3, -0.25) is 0 Å². The number of amides is 2. The highest BCUT2D eigenvalue weighted by Crippen LogP contribution is 2.21. The Labute approximate surface area is 194 Å². The number of ether oxygens (including phenoxy) is 2. The first kappa shape index (κ1) is 27.6. The van der Waals surface area contributed by atoms with E-state index in [2.05, 4.69) is 24.5 Å². The fourth-order valence-electron chi connectivity index (χ4n) is 2.98. The van der Waals surface area contributed by atoms with Gasteiger partial charge in [0.2, 0.25) is 0 Å². The lowest BCUT2D eigenvalue weighted by Gasteiger charge is -2.28. The van der Waals surface area contributed by atoms with Crippen molar-refractivity contribution in [1.29, 1.82) is 0 Å². The van der Waals surface area contributed by atoms with Crippen molar-refractivity contribution in [3.63, 3.8) is 0 Å². The first-order valence-electron chi connectivity index (χ1n) is 11.5. The molecule has 0 heterocycles. The highest BCUT2D eigenvalue weighted by molar-refractivity contribution is 5.69. The summed E-state index contributed by atoms with van der Waals surface area (Å²) in [6.45, 7) is 19.6. The van der Waals surface area contributed by atoms with Crippen LogP contribution in [0.3, 0.4) is 0 Å². The standard InChI is InChI=1S/C25H43N3O4/c1-10-28(23(30)32-25(7,8)9)17-19-13-11-12-14-21(19)26-15-20(18(2)3)16-27-22(29)31-24(4,5)6/h11-14,18,20,26H,10,15-17H2,1-9H3,(H,27,29). The number of hydrogen-bond donors (Lipinski definition) is 2. The Morgan fingerprint density at radius 3 is 2.09 bits per heavy atom. The quantitative estimate of drug-likeness (QED) is 0.509. The van der Waals surface area contributed by atoms with Crippen LogP contribution in [0.15, 0.2) is 24.3 Å². The number of nitrogens with one attached hydrogen (secondary N) is 2. The zero-order valence-electron chi connectivity index (χ0n) is 21.4. The number of carbonyl (C=O) groups excluding carboxylic acids is 2. The summed E-state index contributed by atoms with van der Waals surface area (Å²) in [6.07, 6.45) is -0.726. The number of hydrogen-bond acceptors (Lipinski definition) is 5. The van der Waals surface area contributed by atoms with Crippen molar-refractivity contribution in [1.82, 2.24) is 10.2 Å². The number of anilines is 1. The van der Waals surface area contributed by atoms with Crippen LogP contribution < -0.4 is 10.6 Å². The van der Waals surface area contributed by atoms with Crippen molar-refractivity contribution < 1.29 is 19.1 Å². The van der Waals surface area contributed by atoms with Gasteiger partial charge in [0.1, 0.15) is 11.2 Å². The molecule has 2 N–H and O–H groups in total. The molecule has 0 spiro atoms. The van der Waals surface area contributed by atoms with Crippen molar-refractivity contribution in [2.45, 2.75) is 80.1 Å². The summed E-state index contributed by atoms with van der Waals surface area (Å²) < 4.78 is 10.9. The number of alkyl carbamates (subject to hydrolysis) is 1. The normalized spacial score (nSPS) is 12.8. The van der Waals surface area contributed by atoms with Crippen LogP contribution in [-0.2, 0) is 16.0 Å². The molecule has 2 amide bonds. The monoisotopic (exact) mass is 449 g/mol. The maximum absolute atomic E-state index is 12.5. The number of benzene rings is 1. The Balaban J connectivity index is 2.79. The molecular weight excluding hydrogens is 406 g/mol. The summed E-state index contributed by atoms with van der Waals surface area (Å²) in [7, 11) is 0. The van der Waals surface area contributed by atoms with Gasteiger partial charge in [-0.1, -0.05) is 32.0 Å². The molecule has 0 fully saturated rings. The van der Waals surface area contributed by atoms with Gasteiger partial charge in [0.25, 0.3) is 0 Å². The molecule has 0 bridgehead atoms. The van der Waals surface area contributed by atoms with Gasteiger partial charge in [-0.2, -0.15) is 0 Å². The van der Waals surface area contributed by atoms with Gasteiger partial charge < -0.3 is 25.0 Å². The SMILES string of the molecule is CCN(Cc1ccccc1NCC(CNC(=O)OC(C)(C)C)C(C)C)C(=O)OC(C)(C)C. The first-order valence-corrected chi connectivity index (χ1v) is 11.5. The van der Waals surface area contributed by atoms with Crippen LogP contribution in [-0.4, -0.2) is 47.9 Å². The summed E-state index contributed by atoms with van der Waals surface area (Å²) in [5, 5.41) is 6.39. The second kappa shape index (κ2) is 12.0. The van der Waals surface area contributed by atoms with Crippen LogP contribution in [0.25, 0.3) is 0 Å². The summed E-state index contributed by atoms with van der Waals surface area (Å²) in [4.78, 5) is 26.3. The van der Waals surface area contributed by atoms with Gasteiger partial charge in [-0.25, -0.2) is 9.59 Å². The zero-order chi connectivity index (χ0) is 24.5. The molecular formula is C25H43N3O4. The second-order valence-electron chi connectivity index (χ2n) is 10.4. The number of nitrogens with zero attached hydrogens (tertiary/aromatic N) is 1. The molecule has 0 saturated heterocycles. The van der Waals surface area contributed by atoms with E-state index in [0.29, 0.717) is 32.1 Å². The van der Waals surface area contributed by atoms with Crippen LogP contribution in [0.4, 0.5) is 15.3 Å². The summed E-state index contributed by atoms with van der Waals surface area (Å²) in [5.74, 6) is 0.571. The van der Waals surface area contributed by atoms with Gasteiger partial charge >= 0.3 is 12.2 Å². The molecule has 0 aliphatic rings. The maximum atomic E-state index is 12.5. The third-order valence-corrected chi connectivity index (χ3v) is 4.82. The summed E-state index contributed by atoms with van der Waals surface area (Å²) >= 11 is 0. The van der Waals surface area contributed by atoms with E-state index in [-0.39, 0.29) is 12.0 Å². The number of carbonyl (C=O) groups is 2. The van der Waals surface area contributed by atoms with Crippen LogP contribution in [0, 0.1) is 11.8 Å². The Hall–Kier alpha value is -2.44. The van der Waals surface area contributed by atoms with Crippen molar-refractivity contribution in [2.75, 3.05) is 25.0 Å². The average molecular weight is 450 g/mol. The minimum atomic E-state index is -0.534. The predicted molar refractivity (Wildman–Crippen MR) is 130 cm³/mol. The van der Waals surface area contributed by atoms with E-state index in [1.807, 2.05) is 72.7 Å². The molecule has 0 aromatic heterocycles. The van der Waals surface area contributed by atoms with E-state index >= 15 is 0 Å². The lowest BCUT2D eigenvalue weighted by molar-refractivity contribution is 0.0244. The van der Waals surface area contributed by atoms with Gasteiger partial charge in [0.05, 0.1) is 6.54 Å². The summed E-state index contributed by atoms with van der Waals surface area (Å²) in [6, 6.07) is 7.96. The van der Waals surface area contributed by atoms with Crippen LogP contribution in [0.5, 0.6) is 0 Å². The molecule has 1 unspecified atom stereocenters. The molecule has 1 rings (SSSR count). The molecule has 1 aromatic rings. The molecule has 0 saturated carbocycles. The minimum Gasteiger partial charge on any atom is -0.444 e. The Morgan fingerprint density at radius 1 is 0.969 bits per heavy atom. The van der Waals surface area contributed by atoms with E-state index in [1.54, 1.807) is 4.90 Å². The Kier molecular flexibility index (Phi) is 10.3. The van der Waals surface area contributed by atoms with Crippen LogP contribution >= 0.6 is 0 Å². The van der Waals surface area contributed by atoms with E-state index in [9.17, 15) is 9.59 Å². The van der Waals surface area contributed by atoms with Gasteiger partial charge in [-0.05, 0) is 71.9 Å². The molecule has 7 heteroatoms. The third-order valence-electron chi connectivity index (χ3n) is 4.82. The smallest absolute Gasteiger partial charge is 0.410 e. The van der Waals surface area contributed by atoms with Gasteiger partial charge in [0, 0.05) is 25.3 Å². The fourth-order valence-corrected chi connectivity index (χ4v) is 2.98. The van der Waals surface area contributed by atoms with E-state index in [1.165, 1.54) is 0 Å². The van der Waals surface area contributed by atoms with Gasteiger partial charge in [-0.15, -0.1) is 0 Å². The molecule has 0 aliphatic carbocycles. The minimum absolute atomic E-state index is 0.212. The molecule has 1 atom stereocenters. The highest BCUT2D eigenvalue weighted by atomic mass is 16.6. The molecule has 0 radical (unpaired) electrons. The Morgan fingerprint density at radius 2 is 1.56 bits per heavy atom. The number of para-hydroxylation sites is 1. The van der Waals surface area contributed by atoms with Crippen molar-refractivity contribution in [3.05, 3.63) is 29.8 Å². The molecule has 1 aromatic carbocycles.